The van der Waals surface area contributed by atoms with Crippen molar-refractivity contribution in [3.05, 3.63) is 29.8 Å². The number of methoxy groups -OCH3 is 1. The molecule has 0 N–H and O–H groups in total. The second kappa shape index (κ2) is 3.96. The maximum absolute atomic E-state index is 5.27. The van der Waals surface area contributed by atoms with Crippen molar-refractivity contribution in [1.29, 1.82) is 0 Å². The number of hydrogen-bond donors (Lipinski definition) is 0. The summed E-state index contributed by atoms with van der Waals surface area (Å²) in [6.45, 7) is 4.30. The lowest BCUT2D eigenvalue weighted by Gasteiger charge is -2.19. The molecule has 0 fully saturated rings. The molecule has 0 amide bonds. The molecule has 0 unspecified atom stereocenters. The smallest absolute Gasteiger partial charge is 0.122 e. The van der Waals surface area contributed by atoms with E-state index in [1.54, 1.807) is 7.11 Å². The van der Waals surface area contributed by atoms with Gasteiger partial charge in [-0.2, -0.15) is 0 Å². The van der Waals surface area contributed by atoms with Crippen LogP contribution in [0.3, 0.4) is 0 Å². The summed E-state index contributed by atoms with van der Waals surface area (Å²) in [5.41, 5.74) is 1.24. The number of hydrogen-bond acceptors (Lipinski definition) is 1. The van der Waals surface area contributed by atoms with Crippen LogP contribution in [0.1, 0.15) is 19.4 Å². The molecule has 0 aliphatic heterocycles. The summed E-state index contributed by atoms with van der Waals surface area (Å²) in [5.74, 6) is 0.967. The van der Waals surface area contributed by atoms with Crippen LogP contribution < -0.4 is 4.74 Å². The van der Waals surface area contributed by atoms with Crippen molar-refractivity contribution in [1.82, 2.24) is 0 Å². The number of benzene rings is 1. The molecule has 1 aromatic rings. The zero-order valence-electron chi connectivity index (χ0n) is 8.42. The standard InChI is InChI=1S/C11H15OSi/c1-11(2,13)8-9-6-4-5-7-10(9)12-3/h4-7H,8H2,1-3H3. The fourth-order valence-electron chi connectivity index (χ4n) is 1.33. The average molecular weight is 191 g/mol. The minimum atomic E-state index is 0.120. The van der Waals surface area contributed by atoms with Crippen molar-refractivity contribution in [3.63, 3.8) is 0 Å². The molecule has 0 aliphatic carbocycles. The Morgan fingerprint density at radius 1 is 1.31 bits per heavy atom. The van der Waals surface area contributed by atoms with Crippen LogP contribution in [0.4, 0.5) is 0 Å². The summed E-state index contributed by atoms with van der Waals surface area (Å²) in [4.78, 5) is 0. The molecule has 0 aromatic heterocycles. The molecule has 2 heteroatoms. The largest absolute Gasteiger partial charge is 0.496 e. The van der Waals surface area contributed by atoms with Crippen LogP contribution in [0, 0.1) is 0 Å². The SMILES string of the molecule is COc1ccccc1CC(C)(C)[Si]. The first kappa shape index (κ1) is 10.3. The van der Waals surface area contributed by atoms with Crippen molar-refractivity contribution >= 4 is 10.2 Å². The molecule has 0 saturated carbocycles. The summed E-state index contributed by atoms with van der Waals surface area (Å²) in [5, 5.41) is 0.120. The molecule has 0 aliphatic rings. The van der Waals surface area contributed by atoms with E-state index in [1.807, 2.05) is 18.2 Å². The van der Waals surface area contributed by atoms with Gasteiger partial charge in [-0.05, 0) is 23.1 Å². The molecular formula is C11H15OSi. The molecule has 0 bridgehead atoms. The van der Waals surface area contributed by atoms with Crippen molar-refractivity contribution in [3.8, 4) is 5.75 Å². The van der Waals surface area contributed by atoms with Gasteiger partial charge in [0, 0.05) is 10.2 Å². The average Bonchev–Trinajstić information content (AvgIpc) is 2.02. The van der Waals surface area contributed by atoms with Gasteiger partial charge in [-0.1, -0.05) is 32.0 Å². The summed E-state index contributed by atoms with van der Waals surface area (Å²) in [7, 11) is 5.38. The maximum Gasteiger partial charge on any atom is 0.122 e. The zero-order chi connectivity index (χ0) is 9.90. The highest BCUT2D eigenvalue weighted by Crippen LogP contribution is 2.29. The Morgan fingerprint density at radius 3 is 2.46 bits per heavy atom. The highest BCUT2D eigenvalue weighted by molar-refractivity contribution is 6.14. The van der Waals surface area contributed by atoms with E-state index in [1.165, 1.54) is 5.56 Å². The van der Waals surface area contributed by atoms with Gasteiger partial charge in [0.2, 0.25) is 0 Å². The first-order valence-electron chi connectivity index (χ1n) is 4.40. The Hall–Kier alpha value is -0.763. The van der Waals surface area contributed by atoms with E-state index in [0.717, 1.165) is 12.2 Å². The summed E-state index contributed by atoms with van der Waals surface area (Å²) in [6.07, 6.45) is 0.966. The number of para-hydroxylation sites is 1. The molecule has 1 nitrogen and oxygen atoms in total. The quantitative estimate of drug-likeness (QED) is 0.667. The molecule has 0 heterocycles. The normalized spacial score (nSPS) is 11.4. The van der Waals surface area contributed by atoms with E-state index < -0.39 is 0 Å². The fourth-order valence-corrected chi connectivity index (χ4v) is 1.52. The second-order valence-corrected chi connectivity index (χ2v) is 5.23. The van der Waals surface area contributed by atoms with Gasteiger partial charge in [0.15, 0.2) is 0 Å². The van der Waals surface area contributed by atoms with Crippen molar-refractivity contribution in [2.45, 2.75) is 25.3 Å². The lowest BCUT2D eigenvalue weighted by atomic mass is 10.0. The molecule has 0 saturated heterocycles. The molecule has 0 spiro atoms. The summed E-state index contributed by atoms with van der Waals surface area (Å²) < 4.78 is 5.27. The molecule has 3 radical (unpaired) electrons. The Kier molecular flexibility index (Phi) is 3.15. The van der Waals surface area contributed by atoms with E-state index in [9.17, 15) is 0 Å². The van der Waals surface area contributed by atoms with Crippen LogP contribution in [0.5, 0.6) is 5.75 Å². The topological polar surface area (TPSA) is 9.23 Å². The van der Waals surface area contributed by atoms with Crippen LogP contribution in [0.2, 0.25) is 5.04 Å². The fraction of sp³-hybridized carbons (Fsp3) is 0.455. The monoisotopic (exact) mass is 191 g/mol. The van der Waals surface area contributed by atoms with Gasteiger partial charge in [0.1, 0.15) is 5.75 Å². The lowest BCUT2D eigenvalue weighted by Crippen LogP contribution is -2.07. The molecular weight excluding hydrogens is 176 g/mol. The van der Waals surface area contributed by atoms with Gasteiger partial charge in [-0.15, -0.1) is 0 Å². The molecule has 13 heavy (non-hydrogen) atoms. The van der Waals surface area contributed by atoms with Gasteiger partial charge in [-0.25, -0.2) is 0 Å². The van der Waals surface area contributed by atoms with Crippen molar-refractivity contribution in [2.75, 3.05) is 7.11 Å². The van der Waals surface area contributed by atoms with E-state index in [4.69, 9.17) is 4.74 Å². The number of ether oxygens (including phenoxy) is 1. The van der Waals surface area contributed by atoms with Gasteiger partial charge in [0.05, 0.1) is 7.11 Å². The van der Waals surface area contributed by atoms with E-state index in [2.05, 4.69) is 30.2 Å². The minimum Gasteiger partial charge on any atom is -0.496 e. The minimum absolute atomic E-state index is 0.120. The predicted octanol–water partition coefficient (Wildman–Crippen LogP) is 2.60. The highest BCUT2D eigenvalue weighted by atomic mass is 28.1. The summed E-state index contributed by atoms with van der Waals surface area (Å²) >= 11 is 0. The van der Waals surface area contributed by atoms with Gasteiger partial charge < -0.3 is 4.74 Å². The molecule has 1 aromatic carbocycles. The first-order chi connectivity index (χ1) is 6.03. The molecule has 69 valence electrons. The highest BCUT2D eigenvalue weighted by Gasteiger charge is 2.13. The van der Waals surface area contributed by atoms with Crippen LogP contribution in [0.25, 0.3) is 0 Å². The summed E-state index contributed by atoms with van der Waals surface area (Å²) in [6, 6.07) is 8.12. The van der Waals surface area contributed by atoms with E-state index in [-0.39, 0.29) is 5.04 Å². The van der Waals surface area contributed by atoms with Crippen LogP contribution in [-0.2, 0) is 6.42 Å². The third-order valence-electron chi connectivity index (χ3n) is 1.82. The third-order valence-corrected chi connectivity index (χ3v) is 2.00. The van der Waals surface area contributed by atoms with Crippen molar-refractivity contribution in [2.24, 2.45) is 0 Å². The lowest BCUT2D eigenvalue weighted by molar-refractivity contribution is 0.407. The van der Waals surface area contributed by atoms with Crippen LogP contribution in [-0.4, -0.2) is 17.4 Å². The second-order valence-electron chi connectivity index (χ2n) is 3.87. The maximum atomic E-state index is 5.27. The Morgan fingerprint density at radius 2 is 1.92 bits per heavy atom. The van der Waals surface area contributed by atoms with E-state index >= 15 is 0 Å². The Balaban J connectivity index is 2.87. The Labute approximate surface area is 83.5 Å². The molecule has 1 rings (SSSR count). The van der Waals surface area contributed by atoms with E-state index in [0.29, 0.717) is 0 Å². The van der Waals surface area contributed by atoms with Gasteiger partial charge in [-0.3, -0.25) is 0 Å². The van der Waals surface area contributed by atoms with Gasteiger partial charge >= 0.3 is 0 Å². The zero-order valence-corrected chi connectivity index (χ0v) is 9.42. The van der Waals surface area contributed by atoms with Crippen molar-refractivity contribution < 1.29 is 4.74 Å². The third kappa shape index (κ3) is 3.23. The van der Waals surface area contributed by atoms with Gasteiger partial charge in [0.25, 0.3) is 0 Å². The Bertz CT molecular complexity index is 276. The van der Waals surface area contributed by atoms with Crippen LogP contribution in [0.15, 0.2) is 24.3 Å². The van der Waals surface area contributed by atoms with Crippen LogP contribution >= 0.6 is 0 Å². The molecule has 0 atom stereocenters. The first-order valence-corrected chi connectivity index (χ1v) is 4.90. The number of rotatable bonds is 3. The predicted molar refractivity (Wildman–Crippen MR) is 56.5 cm³/mol.